The van der Waals surface area contributed by atoms with Gasteiger partial charge in [-0.1, -0.05) is 56.0 Å². The molecule has 0 aromatic heterocycles. The molecule has 0 aliphatic heterocycles. The smallest absolute Gasteiger partial charge is 0 e. The van der Waals surface area contributed by atoms with Gasteiger partial charge in [0.15, 0.2) is 0 Å². The van der Waals surface area contributed by atoms with Crippen LogP contribution in [0.25, 0.3) is 0 Å². The monoisotopic (exact) mass is 264 g/mol. The van der Waals surface area contributed by atoms with Crippen molar-refractivity contribution in [3.05, 3.63) is 70.8 Å². The summed E-state index contributed by atoms with van der Waals surface area (Å²) in [6, 6.07) is 18.1. The van der Waals surface area contributed by atoms with E-state index in [1.165, 1.54) is 25.7 Å². The topological polar surface area (TPSA) is 0 Å². The van der Waals surface area contributed by atoms with Crippen LogP contribution in [0.5, 0.6) is 0 Å². The highest BCUT2D eigenvalue weighted by atomic mass is 14.4. The van der Waals surface area contributed by atoms with Crippen molar-refractivity contribution >= 4 is 8.41 Å². The molecule has 20 heavy (non-hydrogen) atoms. The number of benzene rings is 2. The van der Waals surface area contributed by atoms with Crippen LogP contribution in [-0.4, -0.2) is 8.41 Å². The van der Waals surface area contributed by atoms with Gasteiger partial charge in [0.05, 0.1) is 0 Å². The average molecular weight is 264 g/mol. The molecule has 103 valence electrons. The molecule has 2 atom stereocenters. The Balaban J connectivity index is 0.000000735. The summed E-state index contributed by atoms with van der Waals surface area (Å²) in [4.78, 5) is 0. The van der Waals surface area contributed by atoms with Gasteiger partial charge in [-0.3, -0.25) is 0 Å². The summed E-state index contributed by atoms with van der Waals surface area (Å²) in [7, 11) is 0. The molecule has 2 aliphatic carbocycles. The van der Waals surface area contributed by atoms with Crippen LogP contribution in [0.2, 0.25) is 0 Å². The number of fused-ring (bicyclic) bond motifs is 4. The molecule has 2 unspecified atom stereocenters. The third-order valence-electron chi connectivity index (χ3n) is 4.85. The average Bonchev–Trinajstić information content (AvgIpc) is 2.45. The maximum Gasteiger partial charge on any atom is 0 e. The Hall–Kier alpha value is -1.50. The second-order valence-corrected chi connectivity index (χ2v) is 5.78. The lowest BCUT2D eigenvalue weighted by atomic mass is 9.66. The zero-order valence-electron chi connectivity index (χ0n) is 11.2. The second-order valence-electron chi connectivity index (χ2n) is 5.78. The summed E-state index contributed by atoms with van der Waals surface area (Å²) >= 11 is 0. The van der Waals surface area contributed by atoms with Gasteiger partial charge in [-0.05, 0) is 59.8 Å². The van der Waals surface area contributed by atoms with Crippen LogP contribution in [0.15, 0.2) is 48.5 Å². The largest absolute Gasteiger partial charge is 0.0776 e. The highest BCUT2D eigenvalue weighted by Gasteiger charge is 2.33. The van der Waals surface area contributed by atoms with Gasteiger partial charge in [0, 0.05) is 9.84 Å². The van der Waals surface area contributed by atoms with Crippen molar-refractivity contribution < 1.29 is 1.43 Å². The van der Waals surface area contributed by atoms with Gasteiger partial charge >= 0.3 is 0 Å². The molecule has 0 spiro atoms. The quantitative estimate of drug-likeness (QED) is 0.608. The molecule has 0 saturated carbocycles. The van der Waals surface area contributed by atoms with Crippen LogP contribution >= 0.6 is 0 Å². The number of rotatable bonds is 0. The minimum atomic E-state index is 0. The number of hydrogen-bond acceptors (Lipinski definition) is 0. The zero-order chi connectivity index (χ0) is 11.9. The van der Waals surface area contributed by atoms with E-state index >= 15 is 0 Å². The molecule has 2 aliphatic rings. The van der Waals surface area contributed by atoms with E-state index in [1.807, 2.05) is 0 Å². The Morgan fingerprint density at radius 2 is 1.40 bits per heavy atom. The highest BCUT2D eigenvalue weighted by Crippen LogP contribution is 2.43. The van der Waals surface area contributed by atoms with Gasteiger partial charge in [-0.15, -0.1) is 0 Å². The van der Waals surface area contributed by atoms with E-state index in [0.717, 1.165) is 11.8 Å². The third-order valence-corrected chi connectivity index (χ3v) is 4.85. The van der Waals surface area contributed by atoms with Gasteiger partial charge in [0.1, 0.15) is 0 Å². The first-order valence-corrected chi connectivity index (χ1v) is 7.06. The summed E-state index contributed by atoms with van der Waals surface area (Å²) in [5, 5.41) is 0. The molecule has 0 heterocycles. The molecular formula is C19H24B. The van der Waals surface area contributed by atoms with E-state index in [9.17, 15) is 0 Å². The van der Waals surface area contributed by atoms with E-state index in [1.54, 1.807) is 22.3 Å². The molecule has 0 nitrogen and oxygen atoms in total. The molecule has 1 heteroatoms. The maximum atomic E-state index is 2.36. The van der Waals surface area contributed by atoms with Crippen molar-refractivity contribution in [2.24, 2.45) is 5.92 Å². The van der Waals surface area contributed by atoms with E-state index in [-0.39, 0.29) is 17.3 Å². The predicted molar refractivity (Wildman–Crippen MR) is 89.4 cm³/mol. The predicted octanol–water partition coefficient (Wildman–Crippen LogP) is 4.63. The molecule has 2 aromatic rings. The normalized spacial score (nSPS) is 22.4. The Labute approximate surface area is 126 Å². The van der Waals surface area contributed by atoms with Crippen LogP contribution in [0.3, 0.4) is 0 Å². The van der Waals surface area contributed by atoms with Gasteiger partial charge in [0.25, 0.3) is 0 Å². The van der Waals surface area contributed by atoms with Crippen molar-refractivity contribution in [2.75, 3.05) is 0 Å². The van der Waals surface area contributed by atoms with Crippen LogP contribution < -0.4 is 0 Å². The molecule has 0 N–H and O–H groups in total. The van der Waals surface area contributed by atoms with E-state index in [4.69, 9.17) is 0 Å². The molecular weight excluding hydrogens is 239 g/mol. The van der Waals surface area contributed by atoms with Crippen molar-refractivity contribution in [2.45, 2.75) is 39.0 Å². The first-order chi connectivity index (χ1) is 8.92. The molecule has 0 bridgehead atoms. The fraction of sp³-hybridized carbons (Fsp3) is 0.368. The summed E-state index contributed by atoms with van der Waals surface area (Å²) in [5.41, 5.74) is 6.40. The number of aryl methyl sites for hydroxylation is 1. The van der Waals surface area contributed by atoms with Crippen molar-refractivity contribution in [3.63, 3.8) is 0 Å². The van der Waals surface area contributed by atoms with E-state index < -0.39 is 0 Å². The number of hydrogen-bond donors (Lipinski definition) is 0. The first-order valence-electron chi connectivity index (χ1n) is 7.06. The Morgan fingerprint density at radius 1 is 0.800 bits per heavy atom. The van der Waals surface area contributed by atoms with Gasteiger partial charge in [-0.2, -0.15) is 0 Å². The first kappa shape index (κ1) is 14.9. The Morgan fingerprint density at radius 3 is 2.15 bits per heavy atom. The lowest BCUT2D eigenvalue weighted by molar-refractivity contribution is 0.348. The van der Waals surface area contributed by atoms with Crippen molar-refractivity contribution in [3.8, 4) is 0 Å². The van der Waals surface area contributed by atoms with E-state index in [2.05, 4.69) is 48.5 Å². The minimum absolute atomic E-state index is 0. The summed E-state index contributed by atoms with van der Waals surface area (Å²) < 4.78 is 0. The summed E-state index contributed by atoms with van der Waals surface area (Å²) in [6.07, 6.45) is 5.18. The van der Waals surface area contributed by atoms with Gasteiger partial charge < -0.3 is 0 Å². The van der Waals surface area contributed by atoms with Crippen LogP contribution in [0.4, 0.5) is 0 Å². The van der Waals surface area contributed by atoms with Gasteiger partial charge in [0.2, 0.25) is 0 Å². The van der Waals surface area contributed by atoms with Crippen LogP contribution in [-0.2, 0) is 19.3 Å². The molecule has 2 aromatic carbocycles. The lowest BCUT2D eigenvalue weighted by Crippen LogP contribution is -2.28. The molecule has 0 saturated heterocycles. The molecule has 4 rings (SSSR count). The fourth-order valence-corrected chi connectivity index (χ4v) is 3.92. The summed E-state index contributed by atoms with van der Waals surface area (Å²) in [5.74, 6) is 1.64. The maximum absolute atomic E-state index is 2.36. The zero-order valence-corrected chi connectivity index (χ0v) is 11.2. The van der Waals surface area contributed by atoms with Crippen LogP contribution in [0.1, 0.15) is 43.4 Å². The standard InChI is InChI=1S/C18H18.CH4.B.H2/c1-2-7-15-12-18-16(11-14(15)6-1)10-9-13-5-3-4-8-17(13)18;;;/h1-8,16,18H,9-12H2;1H4;;1H/i;;;1+1. The van der Waals surface area contributed by atoms with Crippen molar-refractivity contribution in [1.29, 1.82) is 0 Å². The van der Waals surface area contributed by atoms with E-state index in [0.29, 0.717) is 0 Å². The van der Waals surface area contributed by atoms with Crippen LogP contribution in [0, 0.1) is 5.92 Å². The molecule has 3 radical (unpaired) electrons. The fourth-order valence-electron chi connectivity index (χ4n) is 3.92. The second kappa shape index (κ2) is 5.87. The highest BCUT2D eigenvalue weighted by molar-refractivity contribution is 5.75. The molecule has 0 fully saturated rings. The van der Waals surface area contributed by atoms with Gasteiger partial charge in [-0.25, -0.2) is 0 Å². The lowest BCUT2D eigenvalue weighted by Gasteiger charge is -2.38. The Bertz CT molecular complexity index is 594. The minimum Gasteiger partial charge on any atom is -0.0776 e. The Kier molecular flexibility index (Phi) is 4.37. The third kappa shape index (κ3) is 2.30. The summed E-state index contributed by atoms with van der Waals surface area (Å²) in [6.45, 7) is 0. The van der Waals surface area contributed by atoms with Crippen molar-refractivity contribution in [1.82, 2.24) is 0 Å². The molecule has 0 amide bonds. The SMILES string of the molecule is C.[2HH].[B].c1ccc2c(c1)CC1CCc3ccccc3C1C2.